The average molecular weight is 485 g/mol. The standard InChI is InChI=1S/C25H16F5N3O2/c1-32-23(35)33(21(34)14-24(32,25(28,29)30)18-7-3-2-4-8-18)22-19(26)12-17(13-20(22)27)10-9-16-6-5-11-31-15-16/h2-8,11-13,15H,14H2,1H3. The second-order valence-corrected chi connectivity index (χ2v) is 7.75. The summed E-state index contributed by atoms with van der Waals surface area (Å²) in [6.45, 7) is 0. The molecule has 3 amide bonds. The second-order valence-electron chi connectivity index (χ2n) is 7.75. The zero-order valence-electron chi connectivity index (χ0n) is 18.1. The molecule has 1 saturated heterocycles. The fourth-order valence-corrected chi connectivity index (χ4v) is 3.95. The number of halogens is 5. The predicted molar refractivity (Wildman–Crippen MR) is 116 cm³/mol. The fraction of sp³-hybridized carbons (Fsp3) is 0.160. The summed E-state index contributed by atoms with van der Waals surface area (Å²) in [4.78, 5) is 30.2. The first-order valence-corrected chi connectivity index (χ1v) is 10.2. The Kier molecular flexibility index (Phi) is 6.03. The van der Waals surface area contributed by atoms with E-state index in [1.54, 1.807) is 12.1 Å². The van der Waals surface area contributed by atoms with Crippen LogP contribution in [0.25, 0.3) is 0 Å². The zero-order valence-corrected chi connectivity index (χ0v) is 18.1. The van der Waals surface area contributed by atoms with E-state index in [1.807, 2.05) is 0 Å². The van der Waals surface area contributed by atoms with Crippen LogP contribution < -0.4 is 4.90 Å². The maximum absolute atomic E-state index is 14.9. The number of amides is 3. The molecule has 0 aliphatic carbocycles. The maximum atomic E-state index is 14.9. The molecule has 0 N–H and O–H groups in total. The van der Waals surface area contributed by atoms with Crippen molar-refractivity contribution in [3.63, 3.8) is 0 Å². The number of hydrogen-bond acceptors (Lipinski definition) is 3. The van der Waals surface area contributed by atoms with E-state index in [-0.39, 0.29) is 16.0 Å². The molecule has 0 bridgehead atoms. The molecule has 0 spiro atoms. The van der Waals surface area contributed by atoms with Gasteiger partial charge in [0.25, 0.3) is 0 Å². The van der Waals surface area contributed by atoms with Crippen molar-refractivity contribution in [1.82, 2.24) is 9.88 Å². The smallest absolute Gasteiger partial charge is 0.308 e. The van der Waals surface area contributed by atoms with Crippen molar-refractivity contribution >= 4 is 17.6 Å². The van der Waals surface area contributed by atoms with Gasteiger partial charge in [0.2, 0.25) is 5.91 Å². The highest BCUT2D eigenvalue weighted by Gasteiger charge is 2.65. The van der Waals surface area contributed by atoms with E-state index in [9.17, 15) is 31.5 Å². The van der Waals surface area contributed by atoms with Gasteiger partial charge >= 0.3 is 12.2 Å². The Bertz CT molecular complexity index is 1330. The molecule has 178 valence electrons. The number of carbonyl (C=O) groups excluding carboxylic acids is 2. The average Bonchev–Trinajstić information content (AvgIpc) is 2.82. The molecular weight excluding hydrogens is 469 g/mol. The number of imide groups is 1. The van der Waals surface area contributed by atoms with Crippen LogP contribution in [0.15, 0.2) is 67.0 Å². The third-order valence-corrected chi connectivity index (χ3v) is 5.68. The Hall–Kier alpha value is -4.26. The molecule has 1 fully saturated rings. The summed E-state index contributed by atoms with van der Waals surface area (Å²) < 4.78 is 72.8. The lowest BCUT2D eigenvalue weighted by molar-refractivity contribution is -0.229. The molecule has 3 aromatic rings. The van der Waals surface area contributed by atoms with Crippen LogP contribution in [0.1, 0.15) is 23.1 Å². The van der Waals surface area contributed by atoms with Crippen LogP contribution >= 0.6 is 0 Å². The molecule has 35 heavy (non-hydrogen) atoms. The molecule has 1 aliphatic heterocycles. The molecule has 4 rings (SSSR count). The van der Waals surface area contributed by atoms with E-state index in [2.05, 4.69) is 16.8 Å². The van der Waals surface area contributed by atoms with Gasteiger partial charge in [0.15, 0.2) is 17.2 Å². The maximum Gasteiger partial charge on any atom is 0.416 e. The van der Waals surface area contributed by atoms with Gasteiger partial charge in [0, 0.05) is 30.6 Å². The van der Waals surface area contributed by atoms with Crippen LogP contribution in [0.2, 0.25) is 0 Å². The van der Waals surface area contributed by atoms with Gasteiger partial charge in [0.05, 0.1) is 6.42 Å². The van der Waals surface area contributed by atoms with E-state index in [1.165, 1.54) is 30.6 Å². The first-order chi connectivity index (χ1) is 16.6. The van der Waals surface area contributed by atoms with Gasteiger partial charge in [0.1, 0.15) is 5.69 Å². The Morgan fingerprint density at radius 2 is 1.57 bits per heavy atom. The normalized spacial score (nSPS) is 18.3. The Labute approximate surface area is 196 Å². The quantitative estimate of drug-likeness (QED) is 0.379. The molecule has 1 unspecified atom stereocenters. The number of benzene rings is 2. The van der Waals surface area contributed by atoms with Crippen molar-refractivity contribution in [1.29, 1.82) is 0 Å². The first kappa shape index (κ1) is 23.9. The molecule has 10 heteroatoms. The summed E-state index contributed by atoms with van der Waals surface area (Å²) in [5, 5.41) is 0. The van der Waals surface area contributed by atoms with Gasteiger partial charge in [-0.05, 0) is 29.8 Å². The van der Waals surface area contributed by atoms with E-state index in [0.29, 0.717) is 10.5 Å². The number of pyridine rings is 1. The summed E-state index contributed by atoms with van der Waals surface area (Å²) in [7, 11) is 0.839. The molecule has 1 atom stereocenters. The van der Waals surface area contributed by atoms with Crippen molar-refractivity contribution in [3.8, 4) is 11.8 Å². The first-order valence-electron chi connectivity index (χ1n) is 10.2. The third kappa shape index (κ3) is 4.10. The molecule has 1 aliphatic rings. The summed E-state index contributed by atoms with van der Waals surface area (Å²) in [5.41, 5.74) is -4.04. The zero-order chi connectivity index (χ0) is 25.4. The van der Waals surface area contributed by atoms with Gasteiger partial charge < -0.3 is 4.90 Å². The minimum atomic E-state index is -5.05. The van der Waals surface area contributed by atoms with Crippen LogP contribution in [0.3, 0.4) is 0 Å². The number of rotatable bonds is 2. The van der Waals surface area contributed by atoms with Crippen molar-refractivity contribution < 1.29 is 31.5 Å². The van der Waals surface area contributed by atoms with Crippen LogP contribution in [0.5, 0.6) is 0 Å². The van der Waals surface area contributed by atoms with Crippen LogP contribution in [0, 0.1) is 23.5 Å². The van der Waals surface area contributed by atoms with Crippen LogP contribution in [-0.4, -0.2) is 35.0 Å². The fourth-order valence-electron chi connectivity index (χ4n) is 3.95. The highest BCUT2D eigenvalue weighted by molar-refractivity contribution is 6.16. The monoisotopic (exact) mass is 485 g/mol. The van der Waals surface area contributed by atoms with Gasteiger partial charge in [-0.25, -0.2) is 18.5 Å². The van der Waals surface area contributed by atoms with Gasteiger partial charge in [-0.2, -0.15) is 13.2 Å². The van der Waals surface area contributed by atoms with Crippen LogP contribution in [-0.2, 0) is 10.3 Å². The predicted octanol–water partition coefficient (Wildman–Crippen LogP) is 5.01. The summed E-state index contributed by atoms with van der Waals surface area (Å²) >= 11 is 0. The van der Waals surface area contributed by atoms with E-state index < -0.39 is 47.4 Å². The highest BCUT2D eigenvalue weighted by Crippen LogP contribution is 2.49. The molecule has 5 nitrogen and oxygen atoms in total. The molecular formula is C25H16F5N3O2. The van der Waals surface area contributed by atoms with Crippen molar-refractivity contribution in [2.24, 2.45) is 0 Å². The number of anilines is 1. The van der Waals surface area contributed by atoms with E-state index in [0.717, 1.165) is 31.3 Å². The van der Waals surface area contributed by atoms with E-state index >= 15 is 0 Å². The SMILES string of the molecule is CN1C(=O)N(c2c(F)cc(C#Cc3cccnc3)cc2F)C(=O)CC1(c1ccccc1)C(F)(F)F. The topological polar surface area (TPSA) is 53.5 Å². The number of urea groups is 1. The summed E-state index contributed by atoms with van der Waals surface area (Å²) in [6, 6.07) is 9.75. The Balaban J connectivity index is 1.74. The molecule has 0 saturated carbocycles. The van der Waals surface area contributed by atoms with Crippen LogP contribution in [0.4, 0.5) is 32.4 Å². The third-order valence-electron chi connectivity index (χ3n) is 5.68. The molecule has 0 radical (unpaired) electrons. The highest BCUT2D eigenvalue weighted by atomic mass is 19.4. The second kappa shape index (κ2) is 8.83. The number of hydrogen-bond donors (Lipinski definition) is 0. The number of aromatic nitrogens is 1. The lowest BCUT2D eigenvalue weighted by Gasteiger charge is -2.48. The lowest BCUT2D eigenvalue weighted by atomic mass is 9.82. The Morgan fingerprint density at radius 1 is 0.943 bits per heavy atom. The lowest BCUT2D eigenvalue weighted by Crippen LogP contribution is -2.66. The van der Waals surface area contributed by atoms with Gasteiger partial charge in [-0.1, -0.05) is 42.2 Å². The van der Waals surface area contributed by atoms with Gasteiger partial charge in [-0.3, -0.25) is 9.78 Å². The van der Waals surface area contributed by atoms with E-state index in [4.69, 9.17) is 0 Å². The minimum absolute atomic E-state index is 0.0932. The van der Waals surface area contributed by atoms with Crippen molar-refractivity contribution in [2.45, 2.75) is 18.1 Å². The number of carbonyl (C=O) groups is 2. The van der Waals surface area contributed by atoms with Crippen molar-refractivity contribution in [2.75, 3.05) is 11.9 Å². The molecule has 1 aromatic heterocycles. The minimum Gasteiger partial charge on any atom is -0.308 e. The number of nitrogens with zero attached hydrogens (tertiary/aromatic N) is 3. The largest absolute Gasteiger partial charge is 0.416 e. The summed E-state index contributed by atoms with van der Waals surface area (Å²) in [5.74, 6) is 1.15. The van der Waals surface area contributed by atoms with Crippen molar-refractivity contribution in [3.05, 3.63) is 95.3 Å². The van der Waals surface area contributed by atoms with Gasteiger partial charge in [-0.15, -0.1) is 0 Å². The molecule has 2 heterocycles. The number of alkyl halides is 3. The Morgan fingerprint density at radius 3 is 2.14 bits per heavy atom. The summed E-state index contributed by atoms with van der Waals surface area (Å²) in [6.07, 6.45) is -3.35. The molecule has 2 aromatic carbocycles.